The van der Waals surface area contributed by atoms with Gasteiger partial charge in [-0.3, -0.25) is 9.69 Å². The number of carbonyl (C=O) groups excluding carboxylic acids is 1. The van der Waals surface area contributed by atoms with Crippen molar-refractivity contribution in [1.82, 2.24) is 4.90 Å². The molecule has 0 saturated carbocycles. The highest BCUT2D eigenvalue weighted by Crippen LogP contribution is 2.38. The van der Waals surface area contributed by atoms with Gasteiger partial charge >= 0.3 is 5.63 Å². The van der Waals surface area contributed by atoms with E-state index in [-0.39, 0.29) is 11.4 Å². The van der Waals surface area contributed by atoms with Crippen molar-refractivity contribution < 1.29 is 13.9 Å². The van der Waals surface area contributed by atoms with Crippen LogP contribution < -0.4 is 5.63 Å². The molecule has 1 fully saturated rings. The minimum absolute atomic E-state index is 0.107. The first-order valence-corrected chi connectivity index (χ1v) is 12.5. The van der Waals surface area contributed by atoms with Crippen LogP contribution in [0.2, 0.25) is 0 Å². The third-order valence-electron chi connectivity index (χ3n) is 6.92. The molecule has 1 aliphatic rings. The maximum Gasteiger partial charge on any atom is 0.336 e. The molecule has 1 aromatic heterocycles. The number of fused-ring (bicyclic) bond motifs is 1. The van der Waals surface area contributed by atoms with E-state index in [1.54, 1.807) is 13.0 Å². The maximum atomic E-state index is 12.5. The zero-order chi connectivity index (χ0) is 25.2. The first-order valence-electron chi connectivity index (χ1n) is 12.5. The minimum Gasteiger partial charge on any atom is -0.423 e. The molecule has 0 amide bonds. The summed E-state index contributed by atoms with van der Waals surface area (Å²) in [4.78, 5) is 26.6. The summed E-state index contributed by atoms with van der Waals surface area (Å²) in [5, 5.41) is 0.924. The summed E-state index contributed by atoms with van der Waals surface area (Å²) < 4.78 is 11.1. The Morgan fingerprint density at radius 2 is 1.67 bits per heavy atom. The molecule has 5 heteroatoms. The van der Waals surface area contributed by atoms with Gasteiger partial charge in [0.05, 0.1) is 13.2 Å². The van der Waals surface area contributed by atoms with E-state index >= 15 is 0 Å². The number of Topliss-reactive ketones (excluding diaryl/α,β-unsaturated/α-hetero) is 1. The molecule has 0 N–H and O–H groups in total. The molecule has 0 spiro atoms. The summed E-state index contributed by atoms with van der Waals surface area (Å²) in [6, 6.07) is 20.1. The van der Waals surface area contributed by atoms with Crippen molar-refractivity contribution in [2.24, 2.45) is 0 Å². The van der Waals surface area contributed by atoms with Gasteiger partial charge in [0, 0.05) is 43.1 Å². The van der Waals surface area contributed by atoms with Gasteiger partial charge in [0.25, 0.3) is 0 Å². The van der Waals surface area contributed by atoms with Crippen LogP contribution in [0.25, 0.3) is 33.2 Å². The number of morpholine rings is 1. The van der Waals surface area contributed by atoms with Gasteiger partial charge < -0.3 is 9.15 Å². The smallest absolute Gasteiger partial charge is 0.336 e. The Morgan fingerprint density at radius 3 is 2.39 bits per heavy atom. The van der Waals surface area contributed by atoms with E-state index in [0.717, 1.165) is 77.2 Å². The standard InChI is InChI=1S/C31H31NO4/c1-20-15-28-31(27(18-29(34)36-28)26-6-4-5-24(17-26)16-21(2)33)22(3)30(20)25-9-7-23(8-10-25)19-32-11-13-35-14-12-32/h4-10,15,17-18H,11-14,16,19H2,1-3H3. The van der Waals surface area contributed by atoms with Crippen LogP contribution in [-0.4, -0.2) is 37.0 Å². The fraction of sp³-hybridized carbons (Fsp3) is 0.290. The van der Waals surface area contributed by atoms with E-state index < -0.39 is 0 Å². The van der Waals surface area contributed by atoms with E-state index in [9.17, 15) is 9.59 Å². The van der Waals surface area contributed by atoms with Gasteiger partial charge in [0.15, 0.2) is 0 Å². The second-order valence-corrected chi connectivity index (χ2v) is 9.71. The van der Waals surface area contributed by atoms with E-state index in [1.807, 2.05) is 30.3 Å². The molecule has 36 heavy (non-hydrogen) atoms. The summed E-state index contributed by atoms with van der Waals surface area (Å²) in [7, 11) is 0. The average molecular weight is 482 g/mol. The molecule has 5 nitrogen and oxygen atoms in total. The third kappa shape index (κ3) is 5.03. The summed E-state index contributed by atoms with van der Waals surface area (Å²) in [6.07, 6.45) is 0.368. The van der Waals surface area contributed by atoms with Crippen molar-refractivity contribution in [3.05, 3.63) is 93.3 Å². The zero-order valence-electron chi connectivity index (χ0n) is 21.1. The zero-order valence-corrected chi connectivity index (χ0v) is 21.1. The van der Waals surface area contributed by atoms with Gasteiger partial charge in [-0.1, -0.05) is 48.5 Å². The van der Waals surface area contributed by atoms with Crippen LogP contribution >= 0.6 is 0 Å². The Labute approximate surface area is 211 Å². The molecule has 1 saturated heterocycles. The highest BCUT2D eigenvalue weighted by molar-refractivity contribution is 6.00. The Balaban J connectivity index is 1.58. The van der Waals surface area contributed by atoms with Crippen LogP contribution in [0.3, 0.4) is 0 Å². The average Bonchev–Trinajstić information content (AvgIpc) is 2.85. The highest BCUT2D eigenvalue weighted by Gasteiger charge is 2.17. The lowest BCUT2D eigenvalue weighted by molar-refractivity contribution is -0.116. The minimum atomic E-state index is -0.381. The highest BCUT2D eigenvalue weighted by atomic mass is 16.5. The summed E-state index contributed by atoms with van der Waals surface area (Å²) in [6.45, 7) is 10.2. The largest absolute Gasteiger partial charge is 0.423 e. The molecule has 184 valence electrons. The molecule has 5 rings (SSSR count). The van der Waals surface area contributed by atoms with Gasteiger partial charge in [0.1, 0.15) is 11.4 Å². The van der Waals surface area contributed by atoms with Crippen molar-refractivity contribution in [1.29, 1.82) is 0 Å². The molecular formula is C31H31NO4. The first-order chi connectivity index (χ1) is 17.4. The topological polar surface area (TPSA) is 59.8 Å². The molecule has 0 radical (unpaired) electrons. The number of ketones is 1. The molecular weight excluding hydrogens is 450 g/mol. The van der Waals surface area contributed by atoms with Crippen LogP contribution in [0.1, 0.15) is 29.2 Å². The number of ether oxygens (including phenoxy) is 1. The Bertz CT molecular complexity index is 1480. The summed E-state index contributed by atoms with van der Waals surface area (Å²) in [5.74, 6) is 0.107. The number of carbonyl (C=O) groups is 1. The van der Waals surface area contributed by atoms with Crippen LogP contribution in [0.4, 0.5) is 0 Å². The van der Waals surface area contributed by atoms with Crippen LogP contribution in [-0.2, 0) is 22.5 Å². The van der Waals surface area contributed by atoms with Gasteiger partial charge in [-0.25, -0.2) is 4.79 Å². The predicted molar refractivity (Wildman–Crippen MR) is 143 cm³/mol. The van der Waals surface area contributed by atoms with Gasteiger partial charge in [-0.15, -0.1) is 0 Å². The van der Waals surface area contributed by atoms with Crippen molar-refractivity contribution in [3.8, 4) is 22.3 Å². The SMILES string of the molecule is CC(=O)Cc1cccc(-c2cc(=O)oc3cc(C)c(-c4ccc(CN5CCOCC5)cc4)c(C)c23)c1. The Morgan fingerprint density at radius 1 is 0.917 bits per heavy atom. The number of rotatable bonds is 6. The van der Waals surface area contributed by atoms with E-state index in [0.29, 0.717) is 12.0 Å². The lowest BCUT2D eigenvalue weighted by Gasteiger charge is -2.26. The van der Waals surface area contributed by atoms with Gasteiger partial charge in [0.2, 0.25) is 0 Å². The molecule has 0 unspecified atom stereocenters. The molecule has 2 heterocycles. The van der Waals surface area contributed by atoms with Crippen LogP contribution in [0.15, 0.2) is 69.9 Å². The summed E-state index contributed by atoms with van der Waals surface area (Å²) in [5.41, 5.74) is 8.57. The molecule has 0 aliphatic carbocycles. The summed E-state index contributed by atoms with van der Waals surface area (Å²) >= 11 is 0. The van der Waals surface area contributed by atoms with E-state index in [2.05, 4.69) is 43.0 Å². The van der Waals surface area contributed by atoms with Crippen molar-refractivity contribution in [2.75, 3.05) is 26.3 Å². The van der Waals surface area contributed by atoms with Gasteiger partial charge in [-0.2, -0.15) is 0 Å². The molecule has 0 atom stereocenters. The maximum absolute atomic E-state index is 12.5. The van der Waals surface area contributed by atoms with Crippen LogP contribution in [0, 0.1) is 13.8 Å². The number of aryl methyl sites for hydroxylation is 2. The molecule has 0 bridgehead atoms. The molecule has 1 aliphatic heterocycles. The number of benzene rings is 3. The monoisotopic (exact) mass is 481 g/mol. The van der Waals surface area contributed by atoms with Crippen LogP contribution in [0.5, 0.6) is 0 Å². The second-order valence-electron chi connectivity index (χ2n) is 9.71. The lowest BCUT2D eigenvalue weighted by Crippen LogP contribution is -2.35. The van der Waals surface area contributed by atoms with Crippen molar-refractivity contribution in [2.45, 2.75) is 33.7 Å². The first kappa shape index (κ1) is 24.2. The molecule has 4 aromatic rings. The normalized spacial score (nSPS) is 14.3. The number of nitrogens with zero attached hydrogens (tertiary/aromatic N) is 1. The predicted octanol–water partition coefficient (Wildman–Crippen LogP) is 5.71. The lowest BCUT2D eigenvalue weighted by atomic mass is 9.89. The molecule has 3 aromatic carbocycles. The Hall–Kier alpha value is -3.54. The fourth-order valence-electron chi connectivity index (χ4n) is 5.29. The van der Waals surface area contributed by atoms with Gasteiger partial charge in [-0.05, 0) is 65.8 Å². The van der Waals surface area contributed by atoms with E-state index in [1.165, 1.54) is 5.56 Å². The quantitative estimate of drug-likeness (QED) is 0.330. The van der Waals surface area contributed by atoms with Crippen molar-refractivity contribution in [3.63, 3.8) is 0 Å². The number of hydrogen-bond acceptors (Lipinski definition) is 5. The Kier molecular flexibility index (Phi) is 6.86. The third-order valence-corrected chi connectivity index (χ3v) is 6.92. The fourth-order valence-corrected chi connectivity index (χ4v) is 5.29. The second kappa shape index (κ2) is 10.2. The van der Waals surface area contributed by atoms with Crippen molar-refractivity contribution >= 4 is 16.8 Å². The van der Waals surface area contributed by atoms with E-state index in [4.69, 9.17) is 9.15 Å². The number of hydrogen-bond donors (Lipinski definition) is 0.